The number of rotatable bonds is 2. The van der Waals surface area contributed by atoms with Crippen LogP contribution >= 0.6 is 0 Å². The second-order valence-electron chi connectivity index (χ2n) is 3.81. The van der Waals surface area contributed by atoms with Gasteiger partial charge in [-0.2, -0.15) is 0 Å². The van der Waals surface area contributed by atoms with Gasteiger partial charge in [0.05, 0.1) is 5.52 Å². The van der Waals surface area contributed by atoms with Gasteiger partial charge in [0.1, 0.15) is 0 Å². The van der Waals surface area contributed by atoms with Crippen LogP contribution in [0.2, 0.25) is 0 Å². The van der Waals surface area contributed by atoms with Crippen LogP contribution in [0.1, 0.15) is 18.2 Å². The van der Waals surface area contributed by atoms with Crippen molar-refractivity contribution in [2.24, 2.45) is 0 Å². The smallest absolute Gasteiger partial charge is 0.152 e. The number of carbonyl (C=O) groups excluding carboxylic acids is 1. The van der Waals surface area contributed by atoms with E-state index in [1.807, 2.05) is 43.3 Å². The first-order valence-corrected chi connectivity index (χ1v) is 5.22. The van der Waals surface area contributed by atoms with E-state index in [2.05, 4.69) is 4.98 Å². The molecule has 0 aliphatic rings. The van der Waals surface area contributed by atoms with Crippen molar-refractivity contribution in [3.05, 3.63) is 47.7 Å². The molecule has 0 bridgehead atoms. The average Bonchev–Trinajstić information content (AvgIpc) is 2.25. The fourth-order valence-electron chi connectivity index (χ4n) is 1.69. The standard InChI is InChI=1S/C14H13NO/c1-10-9-12(8-7-11(2)16)13-5-3-4-6-14(13)15-10/h3-9H,1-2H3. The van der Waals surface area contributed by atoms with Crippen LogP contribution in [-0.4, -0.2) is 10.8 Å². The zero-order valence-electron chi connectivity index (χ0n) is 9.40. The maximum atomic E-state index is 10.9. The molecule has 1 heterocycles. The Hall–Kier alpha value is -1.96. The number of nitrogens with zero attached hydrogens (tertiary/aromatic N) is 1. The average molecular weight is 211 g/mol. The second kappa shape index (κ2) is 4.27. The highest BCUT2D eigenvalue weighted by Gasteiger charge is 2.00. The number of fused-ring (bicyclic) bond motifs is 1. The molecule has 0 atom stereocenters. The van der Waals surface area contributed by atoms with Gasteiger partial charge in [0.2, 0.25) is 0 Å². The molecule has 0 amide bonds. The van der Waals surface area contributed by atoms with Gasteiger partial charge >= 0.3 is 0 Å². The lowest BCUT2D eigenvalue weighted by molar-refractivity contribution is -0.112. The monoisotopic (exact) mass is 211 g/mol. The van der Waals surface area contributed by atoms with Gasteiger partial charge in [0, 0.05) is 11.1 Å². The Bertz CT molecular complexity index is 570. The fourth-order valence-corrected chi connectivity index (χ4v) is 1.69. The van der Waals surface area contributed by atoms with E-state index in [1.165, 1.54) is 0 Å². The number of para-hydroxylation sites is 1. The molecule has 0 spiro atoms. The normalized spacial score (nSPS) is 11.1. The van der Waals surface area contributed by atoms with Crippen molar-refractivity contribution in [2.45, 2.75) is 13.8 Å². The van der Waals surface area contributed by atoms with Gasteiger partial charge in [-0.1, -0.05) is 24.3 Å². The summed E-state index contributed by atoms with van der Waals surface area (Å²) in [6, 6.07) is 9.93. The third-order valence-corrected chi connectivity index (χ3v) is 2.37. The Balaban J connectivity index is 2.63. The van der Waals surface area contributed by atoms with Crippen LogP contribution in [0.5, 0.6) is 0 Å². The van der Waals surface area contributed by atoms with Crippen molar-refractivity contribution in [1.29, 1.82) is 0 Å². The largest absolute Gasteiger partial charge is 0.295 e. The molecule has 0 aliphatic carbocycles. The van der Waals surface area contributed by atoms with Gasteiger partial charge in [-0.05, 0) is 37.6 Å². The SMILES string of the molecule is CC(=O)C=Cc1cc(C)nc2ccccc12. The van der Waals surface area contributed by atoms with Gasteiger partial charge in [0.25, 0.3) is 0 Å². The number of aryl methyl sites for hydroxylation is 1. The predicted octanol–water partition coefficient (Wildman–Crippen LogP) is 3.15. The summed E-state index contributed by atoms with van der Waals surface area (Å²) < 4.78 is 0. The zero-order valence-corrected chi connectivity index (χ0v) is 9.40. The molecule has 2 nitrogen and oxygen atoms in total. The fraction of sp³-hybridized carbons (Fsp3) is 0.143. The highest BCUT2D eigenvalue weighted by atomic mass is 16.1. The minimum atomic E-state index is 0.0542. The third kappa shape index (κ3) is 2.16. The van der Waals surface area contributed by atoms with Crippen LogP contribution in [-0.2, 0) is 4.79 Å². The molecule has 0 saturated carbocycles. The van der Waals surface area contributed by atoms with Crippen LogP contribution in [0.4, 0.5) is 0 Å². The third-order valence-electron chi connectivity index (χ3n) is 2.37. The number of ketones is 1. The number of hydrogen-bond acceptors (Lipinski definition) is 2. The molecule has 0 N–H and O–H groups in total. The van der Waals surface area contributed by atoms with E-state index in [1.54, 1.807) is 13.0 Å². The van der Waals surface area contributed by atoms with E-state index in [-0.39, 0.29) is 5.78 Å². The molecule has 0 fully saturated rings. The summed E-state index contributed by atoms with van der Waals surface area (Å²) in [4.78, 5) is 15.4. The molecule has 0 saturated heterocycles. The first kappa shape index (κ1) is 10.6. The molecule has 1 aromatic carbocycles. The second-order valence-corrected chi connectivity index (χ2v) is 3.81. The number of benzene rings is 1. The van der Waals surface area contributed by atoms with Crippen LogP contribution in [0, 0.1) is 6.92 Å². The Kier molecular flexibility index (Phi) is 2.82. The Morgan fingerprint density at radius 1 is 1.31 bits per heavy atom. The number of carbonyl (C=O) groups is 1. The molecule has 0 aliphatic heterocycles. The number of aromatic nitrogens is 1. The molecule has 16 heavy (non-hydrogen) atoms. The summed E-state index contributed by atoms with van der Waals surface area (Å²) in [5.74, 6) is 0.0542. The topological polar surface area (TPSA) is 30.0 Å². The van der Waals surface area contributed by atoms with Gasteiger partial charge in [-0.3, -0.25) is 9.78 Å². The van der Waals surface area contributed by atoms with Gasteiger partial charge in [-0.15, -0.1) is 0 Å². The molecule has 2 rings (SSSR count). The van der Waals surface area contributed by atoms with Crippen molar-refractivity contribution >= 4 is 22.8 Å². The van der Waals surface area contributed by atoms with Gasteiger partial charge in [-0.25, -0.2) is 0 Å². The lowest BCUT2D eigenvalue weighted by Crippen LogP contribution is -1.88. The minimum Gasteiger partial charge on any atom is -0.295 e. The van der Waals surface area contributed by atoms with Crippen molar-refractivity contribution < 1.29 is 4.79 Å². The summed E-state index contributed by atoms with van der Waals surface area (Å²) in [6.45, 7) is 3.50. The molecule has 80 valence electrons. The minimum absolute atomic E-state index is 0.0542. The first-order valence-electron chi connectivity index (χ1n) is 5.22. The number of hydrogen-bond donors (Lipinski definition) is 0. The Labute approximate surface area is 94.6 Å². The quantitative estimate of drug-likeness (QED) is 0.714. The Morgan fingerprint density at radius 3 is 2.81 bits per heavy atom. The lowest BCUT2D eigenvalue weighted by Gasteiger charge is -2.03. The highest BCUT2D eigenvalue weighted by molar-refractivity contribution is 5.95. The van der Waals surface area contributed by atoms with E-state index in [0.29, 0.717) is 0 Å². The lowest BCUT2D eigenvalue weighted by atomic mass is 10.1. The van der Waals surface area contributed by atoms with E-state index in [0.717, 1.165) is 22.2 Å². The van der Waals surface area contributed by atoms with Crippen molar-refractivity contribution in [2.75, 3.05) is 0 Å². The molecular formula is C14H13NO. The summed E-state index contributed by atoms with van der Waals surface area (Å²) in [5, 5.41) is 1.07. The summed E-state index contributed by atoms with van der Waals surface area (Å²) in [7, 11) is 0. The molecule has 2 heteroatoms. The Morgan fingerprint density at radius 2 is 2.06 bits per heavy atom. The maximum Gasteiger partial charge on any atom is 0.152 e. The van der Waals surface area contributed by atoms with Crippen LogP contribution < -0.4 is 0 Å². The van der Waals surface area contributed by atoms with Crippen molar-refractivity contribution in [3.8, 4) is 0 Å². The first-order chi connectivity index (χ1) is 7.66. The summed E-state index contributed by atoms with van der Waals surface area (Å²) in [6.07, 6.45) is 3.43. The van der Waals surface area contributed by atoms with E-state index in [9.17, 15) is 4.79 Å². The van der Waals surface area contributed by atoms with Gasteiger partial charge in [0.15, 0.2) is 5.78 Å². The molecule has 0 unspecified atom stereocenters. The van der Waals surface area contributed by atoms with Crippen LogP contribution in [0.3, 0.4) is 0 Å². The zero-order chi connectivity index (χ0) is 11.5. The van der Waals surface area contributed by atoms with Crippen LogP contribution in [0.25, 0.3) is 17.0 Å². The molecular weight excluding hydrogens is 198 g/mol. The maximum absolute atomic E-state index is 10.9. The molecule has 0 radical (unpaired) electrons. The highest BCUT2D eigenvalue weighted by Crippen LogP contribution is 2.19. The predicted molar refractivity (Wildman–Crippen MR) is 66.2 cm³/mol. The summed E-state index contributed by atoms with van der Waals surface area (Å²) >= 11 is 0. The van der Waals surface area contributed by atoms with Crippen molar-refractivity contribution in [1.82, 2.24) is 4.98 Å². The van der Waals surface area contributed by atoms with E-state index in [4.69, 9.17) is 0 Å². The van der Waals surface area contributed by atoms with Crippen LogP contribution in [0.15, 0.2) is 36.4 Å². The molecule has 1 aromatic heterocycles. The molecule has 2 aromatic rings. The number of pyridine rings is 1. The van der Waals surface area contributed by atoms with Gasteiger partial charge < -0.3 is 0 Å². The summed E-state index contributed by atoms with van der Waals surface area (Å²) in [5.41, 5.74) is 2.96. The van der Waals surface area contributed by atoms with E-state index >= 15 is 0 Å². The number of allylic oxidation sites excluding steroid dienone is 1. The van der Waals surface area contributed by atoms with E-state index < -0.39 is 0 Å². The van der Waals surface area contributed by atoms with Crippen molar-refractivity contribution in [3.63, 3.8) is 0 Å².